The lowest BCUT2D eigenvalue weighted by Gasteiger charge is -2.13. The van der Waals surface area contributed by atoms with Gasteiger partial charge in [0, 0.05) is 0 Å². The molecule has 1 aliphatic rings. The first kappa shape index (κ1) is 11.2. The van der Waals surface area contributed by atoms with Gasteiger partial charge in [0.2, 0.25) is 0 Å². The SMILES string of the molecule is CC(=C1CC1)c1ccc(F)cc1C(F)(F)F. The second-order valence-corrected chi connectivity index (χ2v) is 3.92. The molecule has 1 aromatic carbocycles. The van der Waals surface area contributed by atoms with Gasteiger partial charge >= 0.3 is 6.18 Å². The van der Waals surface area contributed by atoms with Crippen molar-refractivity contribution >= 4 is 5.57 Å². The Bertz CT molecular complexity index is 449. The number of hydrogen-bond donors (Lipinski definition) is 0. The topological polar surface area (TPSA) is 0 Å². The van der Waals surface area contributed by atoms with Gasteiger partial charge in [-0.05, 0) is 43.0 Å². The summed E-state index contributed by atoms with van der Waals surface area (Å²) >= 11 is 0. The summed E-state index contributed by atoms with van der Waals surface area (Å²) in [4.78, 5) is 0. The largest absolute Gasteiger partial charge is 0.417 e. The predicted molar refractivity (Wildman–Crippen MR) is 53.2 cm³/mol. The van der Waals surface area contributed by atoms with Crippen LogP contribution in [0.5, 0.6) is 0 Å². The van der Waals surface area contributed by atoms with Gasteiger partial charge in [-0.1, -0.05) is 11.6 Å². The van der Waals surface area contributed by atoms with E-state index in [0.29, 0.717) is 11.6 Å². The molecule has 0 bridgehead atoms. The van der Waals surface area contributed by atoms with Crippen LogP contribution in [-0.4, -0.2) is 0 Å². The lowest BCUT2D eigenvalue weighted by molar-refractivity contribution is -0.138. The van der Waals surface area contributed by atoms with Crippen LogP contribution in [0.15, 0.2) is 23.8 Å². The maximum Gasteiger partial charge on any atom is 0.417 e. The third kappa shape index (κ3) is 2.10. The van der Waals surface area contributed by atoms with Gasteiger partial charge in [-0.25, -0.2) is 4.39 Å². The molecular weight excluding hydrogens is 220 g/mol. The third-order valence-electron chi connectivity index (χ3n) is 2.72. The van der Waals surface area contributed by atoms with Crippen LogP contribution in [0.25, 0.3) is 5.57 Å². The highest BCUT2D eigenvalue weighted by molar-refractivity contribution is 5.72. The first-order chi connectivity index (χ1) is 7.39. The molecule has 1 saturated carbocycles. The maximum absolute atomic E-state index is 12.8. The Labute approximate surface area is 90.6 Å². The first-order valence-electron chi connectivity index (χ1n) is 4.95. The molecule has 0 unspecified atom stereocenters. The summed E-state index contributed by atoms with van der Waals surface area (Å²) in [5.74, 6) is -0.857. The van der Waals surface area contributed by atoms with E-state index in [1.54, 1.807) is 6.92 Å². The summed E-state index contributed by atoms with van der Waals surface area (Å²) in [6.07, 6.45) is -2.81. The fourth-order valence-electron chi connectivity index (χ4n) is 1.71. The van der Waals surface area contributed by atoms with Crippen molar-refractivity contribution < 1.29 is 17.6 Å². The zero-order chi connectivity index (χ0) is 11.9. The summed E-state index contributed by atoms with van der Waals surface area (Å²) < 4.78 is 50.9. The van der Waals surface area contributed by atoms with Gasteiger partial charge in [-0.2, -0.15) is 13.2 Å². The van der Waals surface area contributed by atoms with Crippen molar-refractivity contribution in [3.05, 3.63) is 40.7 Å². The molecule has 1 aromatic rings. The Morgan fingerprint density at radius 1 is 1.19 bits per heavy atom. The van der Waals surface area contributed by atoms with Gasteiger partial charge in [0.1, 0.15) is 5.82 Å². The summed E-state index contributed by atoms with van der Waals surface area (Å²) in [6.45, 7) is 1.66. The number of benzene rings is 1. The minimum Gasteiger partial charge on any atom is -0.207 e. The first-order valence-corrected chi connectivity index (χ1v) is 4.95. The molecular formula is C12H10F4. The third-order valence-corrected chi connectivity index (χ3v) is 2.72. The Morgan fingerprint density at radius 2 is 1.81 bits per heavy atom. The number of alkyl halides is 3. The van der Waals surface area contributed by atoms with E-state index in [1.807, 2.05) is 0 Å². The molecule has 0 radical (unpaired) electrons. The molecule has 0 heterocycles. The van der Waals surface area contributed by atoms with Crippen molar-refractivity contribution in [1.29, 1.82) is 0 Å². The van der Waals surface area contributed by atoms with E-state index >= 15 is 0 Å². The fraction of sp³-hybridized carbons (Fsp3) is 0.333. The zero-order valence-electron chi connectivity index (χ0n) is 8.66. The molecule has 0 aromatic heterocycles. The van der Waals surface area contributed by atoms with Gasteiger partial charge in [0.05, 0.1) is 5.56 Å². The van der Waals surface area contributed by atoms with Crippen LogP contribution in [0.1, 0.15) is 30.9 Å². The zero-order valence-corrected chi connectivity index (χ0v) is 8.66. The Kier molecular flexibility index (Phi) is 2.52. The Morgan fingerprint density at radius 3 is 2.31 bits per heavy atom. The molecule has 86 valence electrons. The lowest BCUT2D eigenvalue weighted by atomic mass is 9.99. The van der Waals surface area contributed by atoms with Crippen LogP contribution in [0.3, 0.4) is 0 Å². The molecule has 0 spiro atoms. The minimum absolute atomic E-state index is 0.0985. The minimum atomic E-state index is -4.51. The molecule has 0 nitrogen and oxygen atoms in total. The van der Waals surface area contributed by atoms with Gasteiger partial charge in [-0.3, -0.25) is 0 Å². The molecule has 1 fully saturated rings. The molecule has 0 saturated heterocycles. The van der Waals surface area contributed by atoms with E-state index in [9.17, 15) is 17.6 Å². The standard InChI is InChI=1S/C12H10F4/c1-7(8-2-3-8)10-5-4-9(13)6-11(10)12(14,15)16/h4-6H,2-3H2,1H3. The average molecular weight is 230 g/mol. The van der Waals surface area contributed by atoms with Gasteiger partial charge in [-0.15, -0.1) is 0 Å². The molecule has 4 heteroatoms. The Hall–Kier alpha value is -1.32. The molecule has 16 heavy (non-hydrogen) atoms. The summed E-state index contributed by atoms with van der Waals surface area (Å²) in [6, 6.07) is 2.83. The van der Waals surface area contributed by atoms with Crippen LogP contribution in [0.2, 0.25) is 0 Å². The van der Waals surface area contributed by atoms with E-state index < -0.39 is 17.6 Å². The predicted octanol–water partition coefficient (Wildman–Crippen LogP) is 4.41. The highest BCUT2D eigenvalue weighted by atomic mass is 19.4. The fourth-order valence-corrected chi connectivity index (χ4v) is 1.71. The van der Waals surface area contributed by atoms with Crippen LogP contribution in [0.4, 0.5) is 17.6 Å². The van der Waals surface area contributed by atoms with Crippen molar-refractivity contribution in [2.24, 2.45) is 0 Å². The van der Waals surface area contributed by atoms with E-state index in [4.69, 9.17) is 0 Å². The van der Waals surface area contributed by atoms with Gasteiger partial charge in [0.15, 0.2) is 0 Å². The monoisotopic (exact) mass is 230 g/mol. The van der Waals surface area contributed by atoms with Gasteiger partial charge < -0.3 is 0 Å². The maximum atomic E-state index is 12.8. The smallest absolute Gasteiger partial charge is 0.207 e. The number of allylic oxidation sites excluding steroid dienone is 2. The molecule has 0 atom stereocenters. The van der Waals surface area contributed by atoms with E-state index in [1.165, 1.54) is 6.07 Å². The Balaban J connectivity index is 2.57. The molecule has 0 N–H and O–H groups in total. The van der Waals surface area contributed by atoms with Crippen molar-refractivity contribution in [3.8, 4) is 0 Å². The number of halogens is 4. The average Bonchev–Trinajstić information content (AvgIpc) is 2.98. The number of hydrogen-bond acceptors (Lipinski definition) is 0. The normalized spacial score (nSPS) is 15.2. The highest BCUT2D eigenvalue weighted by Gasteiger charge is 2.34. The van der Waals surface area contributed by atoms with Crippen molar-refractivity contribution in [1.82, 2.24) is 0 Å². The van der Waals surface area contributed by atoms with E-state index in [0.717, 1.165) is 24.5 Å². The van der Waals surface area contributed by atoms with Crippen LogP contribution >= 0.6 is 0 Å². The van der Waals surface area contributed by atoms with E-state index in [-0.39, 0.29) is 5.56 Å². The quantitative estimate of drug-likeness (QED) is 0.627. The summed E-state index contributed by atoms with van der Waals surface area (Å²) in [7, 11) is 0. The van der Waals surface area contributed by atoms with Crippen molar-refractivity contribution in [3.63, 3.8) is 0 Å². The van der Waals surface area contributed by atoms with Crippen molar-refractivity contribution in [2.45, 2.75) is 25.9 Å². The summed E-state index contributed by atoms with van der Waals surface area (Å²) in [5.41, 5.74) is 0.871. The summed E-state index contributed by atoms with van der Waals surface area (Å²) in [5, 5.41) is 0. The van der Waals surface area contributed by atoms with Crippen LogP contribution in [0, 0.1) is 5.82 Å². The van der Waals surface area contributed by atoms with Crippen LogP contribution < -0.4 is 0 Å². The second-order valence-electron chi connectivity index (χ2n) is 3.92. The molecule has 0 amide bonds. The molecule has 0 aliphatic heterocycles. The second kappa shape index (κ2) is 3.61. The van der Waals surface area contributed by atoms with E-state index in [2.05, 4.69) is 0 Å². The molecule has 2 rings (SSSR count). The van der Waals surface area contributed by atoms with Gasteiger partial charge in [0.25, 0.3) is 0 Å². The highest BCUT2D eigenvalue weighted by Crippen LogP contribution is 2.41. The van der Waals surface area contributed by atoms with Crippen LogP contribution in [-0.2, 0) is 6.18 Å². The number of rotatable bonds is 1. The lowest BCUT2D eigenvalue weighted by Crippen LogP contribution is -2.09. The van der Waals surface area contributed by atoms with Crippen molar-refractivity contribution in [2.75, 3.05) is 0 Å². The molecule has 1 aliphatic carbocycles.